The number of alkyl halides is 4. The van der Waals surface area contributed by atoms with Gasteiger partial charge in [-0.25, -0.2) is 21.9 Å². The van der Waals surface area contributed by atoms with Gasteiger partial charge in [0.15, 0.2) is 0 Å². The number of benzene rings is 1. The molecule has 0 aliphatic rings. The summed E-state index contributed by atoms with van der Waals surface area (Å²) in [6.07, 6.45) is -3.93. The van der Waals surface area contributed by atoms with Crippen LogP contribution in [-0.2, 0) is 10.0 Å². The molecular formula is C10H10BrF4NO2S. The molecule has 0 atom stereocenters. The highest BCUT2D eigenvalue weighted by Crippen LogP contribution is 2.23. The SMILES string of the molecule is Cc1cc(S(=O)(=O)NCC(F)(F)C(F)F)ccc1Br. The van der Waals surface area contributed by atoms with Crippen LogP contribution in [0, 0.1) is 6.92 Å². The summed E-state index contributed by atoms with van der Waals surface area (Å²) in [4.78, 5) is -0.265. The van der Waals surface area contributed by atoms with Crippen molar-refractivity contribution in [3.63, 3.8) is 0 Å². The van der Waals surface area contributed by atoms with Crippen molar-refractivity contribution in [1.82, 2.24) is 4.72 Å². The molecule has 0 aromatic heterocycles. The molecule has 3 nitrogen and oxygen atoms in total. The zero-order valence-electron chi connectivity index (χ0n) is 9.63. The Kier molecular flexibility index (Phi) is 4.97. The van der Waals surface area contributed by atoms with Crippen LogP contribution in [0.5, 0.6) is 0 Å². The smallest absolute Gasteiger partial charge is 0.207 e. The average Bonchev–Trinajstić information content (AvgIpc) is 2.30. The Morgan fingerprint density at radius 3 is 2.42 bits per heavy atom. The number of rotatable bonds is 5. The van der Waals surface area contributed by atoms with E-state index in [-0.39, 0.29) is 4.90 Å². The minimum Gasteiger partial charge on any atom is -0.207 e. The molecular weight excluding hydrogens is 354 g/mol. The zero-order valence-corrected chi connectivity index (χ0v) is 12.0. The van der Waals surface area contributed by atoms with Gasteiger partial charge in [-0.2, -0.15) is 8.78 Å². The first-order valence-electron chi connectivity index (χ1n) is 4.98. The summed E-state index contributed by atoms with van der Waals surface area (Å²) in [5.74, 6) is -4.41. The van der Waals surface area contributed by atoms with Crippen LogP contribution in [0.4, 0.5) is 17.6 Å². The van der Waals surface area contributed by atoms with E-state index in [0.29, 0.717) is 10.0 Å². The molecule has 1 aromatic carbocycles. The Labute approximate surface area is 116 Å². The van der Waals surface area contributed by atoms with Crippen LogP contribution < -0.4 is 4.72 Å². The Balaban J connectivity index is 2.90. The molecule has 0 amide bonds. The molecule has 0 aliphatic heterocycles. The lowest BCUT2D eigenvalue weighted by molar-refractivity contribution is -0.122. The van der Waals surface area contributed by atoms with Gasteiger partial charge in [0.2, 0.25) is 10.0 Å². The van der Waals surface area contributed by atoms with Gasteiger partial charge in [0.25, 0.3) is 0 Å². The molecule has 0 fully saturated rings. The fraction of sp³-hybridized carbons (Fsp3) is 0.400. The molecule has 1 N–H and O–H groups in total. The molecule has 0 spiro atoms. The van der Waals surface area contributed by atoms with Gasteiger partial charge in [-0.05, 0) is 30.7 Å². The quantitative estimate of drug-likeness (QED) is 0.817. The van der Waals surface area contributed by atoms with Crippen molar-refractivity contribution in [2.24, 2.45) is 0 Å². The van der Waals surface area contributed by atoms with Crippen LogP contribution in [0.1, 0.15) is 5.56 Å². The summed E-state index contributed by atoms with van der Waals surface area (Å²) in [5.41, 5.74) is 0.573. The number of aryl methyl sites for hydroxylation is 1. The first-order chi connectivity index (χ1) is 8.56. The zero-order chi connectivity index (χ0) is 14.8. The number of hydrogen-bond donors (Lipinski definition) is 1. The maximum atomic E-state index is 12.7. The Hall–Kier alpha value is -0.670. The highest BCUT2D eigenvalue weighted by atomic mass is 79.9. The van der Waals surface area contributed by atoms with Crippen molar-refractivity contribution >= 4 is 26.0 Å². The molecule has 1 rings (SSSR count). The third-order valence-corrected chi connectivity index (χ3v) is 4.55. The van der Waals surface area contributed by atoms with E-state index in [2.05, 4.69) is 15.9 Å². The van der Waals surface area contributed by atoms with E-state index < -0.39 is 28.9 Å². The minimum absolute atomic E-state index is 0.265. The lowest BCUT2D eigenvalue weighted by Gasteiger charge is -2.16. The third-order valence-electron chi connectivity index (χ3n) is 2.26. The predicted octanol–water partition coefficient (Wildman–Crippen LogP) is 2.94. The van der Waals surface area contributed by atoms with Crippen LogP contribution in [0.15, 0.2) is 27.6 Å². The van der Waals surface area contributed by atoms with Crippen molar-refractivity contribution in [2.75, 3.05) is 6.54 Å². The lowest BCUT2D eigenvalue weighted by Crippen LogP contribution is -2.41. The average molecular weight is 364 g/mol. The van der Waals surface area contributed by atoms with Gasteiger partial charge in [0.1, 0.15) is 0 Å². The predicted molar refractivity (Wildman–Crippen MR) is 65.0 cm³/mol. The first-order valence-corrected chi connectivity index (χ1v) is 7.25. The summed E-state index contributed by atoms with van der Waals surface area (Å²) in [6.45, 7) is -0.0427. The second-order valence-electron chi connectivity index (χ2n) is 3.80. The maximum absolute atomic E-state index is 12.7. The Bertz CT molecular complexity index is 563. The standard InChI is InChI=1S/C10H10BrF4NO2S/c1-6-4-7(2-3-8(6)11)19(17,18)16-5-10(14,15)9(12)13/h2-4,9,16H,5H2,1H3. The van der Waals surface area contributed by atoms with Gasteiger partial charge in [-0.1, -0.05) is 15.9 Å². The highest BCUT2D eigenvalue weighted by molar-refractivity contribution is 9.10. The fourth-order valence-corrected chi connectivity index (χ4v) is 2.51. The fourth-order valence-electron chi connectivity index (χ4n) is 1.14. The van der Waals surface area contributed by atoms with E-state index in [1.807, 2.05) is 0 Å². The van der Waals surface area contributed by atoms with Crippen molar-refractivity contribution < 1.29 is 26.0 Å². The van der Waals surface area contributed by atoms with Crippen LogP contribution in [0.25, 0.3) is 0 Å². The monoisotopic (exact) mass is 363 g/mol. The molecule has 0 heterocycles. The largest absolute Gasteiger partial charge is 0.320 e. The maximum Gasteiger partial charge on any atom is 0.320 e. The van der Waals surface area contributed by atoms with Gasteiger partial charge < -0.3 is 0 Å². The number of sulfonamides is 1. The number of hydrogen-bond acceptors (Lipinski definition) is 2. The topological polar surface area (TPSA) is 46.2 Å². The molecule has 1 aromatic rings. The molecule has 9 heteroatoms. The van der Waals surface area contributed by atoms with Crippen molar-refractivity contribution in [3.05, 3.63) is 28.2 Å². The normalized spacial score (nSPS) is 13.0. The van der Waals surface area contributed by atoms with Gasteiger partial charge in [0.05, 0.1) is 11.4 Å². The summed E-state index contributed by atoms with van der Waals surface area (Å²) in [6, 6.07) is 3.85. The van der Waals surface area contributed by atoms with Crippen molar-refractivity contribution in [2.45, 2.75) is 24.2 Å². The molecule has 19 heavy (non-hydrogen) atoms. The number of nitrogens with one attached hydrogen (secondary N) is 1. The Morgan fingerprint density at radius 2 is 1.95 bits per heavy atom. The summed E-state index contributed by atoms with van der Waals surface area (Å²) < 4.78 is 74.6. The molecule has 108 valence electrons. The van der Waals surface area contributed by atoms with Gasteiger partial charge >= 0.3 is 12.3 Å². The second-order valence-corrected chi connectivity index (χ2v) is 6.42. The molecule has 0 unspecified atom stereocenters. The van der Waals surface area contributed by atoms with Gasteiger partial charge in [-0.3, -0.25) is 0 Å². The molecule has 0 saturated carbocycles. The Morgan fingerprint density at radius 1 is 1.37 bits per heavy atom. The van der Waals surface area contributed by atoms with E-state index >= 15 is 0 Å². The summed E-state index contributed by atoms with van der Waals surface area (Å²) in [5, 5.41) is 0. The summed E-state index contributed by atoms with van der Waals surface area (Å²) in [7, 11) is -4.25. The van der Waals surface area contributed by atoms with Crippen molar-refractivity contribution in [1.29, 1.82) is 0 Å². The van der Waals surface area contributed by atoms with Gasteiger partial charge in [0, 0.05) is 4.47 Å². The summed E-state index contributed by atoms with van der Waals surface area (Å²) >= 11 is 3.15. The van der Waals surface area contributed by atoms with E-state index in [9.17, 15) is 26.0 Å². The van der Waals surface area contributed by atoms with Crippen LogP contribution in [0.3, 0.4) is 0 Å². The van der Waals surface area contributed by atoms with Crippen LogP contribution in [-0.4, -0.2) is 27.3 Å². The van der Waals surface area contributed by atoms with E-state index in [1.165, 1.54) is 22.9 Å². The second kappa shape index (κ2) is 5.76. The lowest BCUT2D eigenvalue weighted by atomic mass is 10.2. The van der Waals surface area contributed by atoms with Crippen molar-refractivity contribution in [3.8, 4) is 0 Å². The van der Waals surface area contributed by atoms with E-state index in [1.54, 1.807) is 6.92 Å². The first kappa shape index (κ1) is 16.4. The molecule has 0 aliphatic carbocycles. The van der Waals surface area contributed by atoms with Crippen LogP contribution in [0.2, 0.25) is 0 Å². The molecule has 0 bridgehead atoms. The van der Waals surface area contributed by atoms with E-state index in [4.69, 9.17) is 0 Å². The molecule has 0 saturated heterocycles. The third kappa shape index (κ3) is 4.15. The van der Waals surface area contributed by atoms with Crippen LogP contribution >= 0.6 is 15.9 Å². The molecule has 0 radical (unpaired) electrons. The van der Waals surface area contributed by atoms with E-state index in [0.717, 1.165) is 0 Å². The number of halogens is 5. The van der Waals surface area contributed by atoms with Gasteiger partial charge in [-0.15, -0.1) is 0 Å². The highest BCUT2D eigenvalue weighted by Gasteiger charge is 2.41. The minimum atomic E-state index is -4.41.